The van der Waals surface area contributed by atoms with Gasteiger partial charge in [0.05, 0.1) is 6.54 Å². The number of amides is 1. The second-order valence-electron chi connectivity index (χ2n) is 7.13. The quantitative estimate of drug-likeness (QED) is 0.763. The van der Waals surface area contributed by atoms with Crippen molar-refractivity contribution in [2.45, 2.75) is 70.8 Å². The Hall–Kier alpha value is -1.10. The number of rotatable bonds is 6. The lowest BCUT2D eigenvalue weighted by atomic mass is 9.95. The molecule has 0 atom stereocenters. The minimum Gasteiger partial charge on any atom is -0.480 e. The van der Waals surface area contributed by atoms with E-state index in [2.05, 4.69) is 0 Å². The lowest BCUT2D eigenvalue weighted by Crippen LogP contribution is -2.48. The molecule has 1 N–H and O–H groups in total. The Labute approximate surface area is 140 Å². The average molecular weight is 324 g/mol. The van der Waals surface area contributed by atoms with Crippen LogP contribution in [0.25, 0.3) is 0 Å². The summed E-state index contributed by atoms with van der Waals surface area (Å²) in [6.07, 6.45) is 10.2. The molecule has 1 aliphatic heterocycles. The number of carboxylic acids is 1. The molecule has 23 heavy (non-hydrogen) atoms. The molecule has 2 aliphatic rings. The van der Waals surface area contributed by atoms with Crippen LogP contribution in [0.4, 0.5) is 0 Å². The highest BCUT2D eigenvalue weighted by atomic mass is 16.4. The van der Waals surface area contributed by atoms with Crippen molar-refractivity contribution < 1.29 is 14.7 Å². The Morgan fingerprint density at radius 2 is 1.65 bits per heavy atom. The van der Waals surface area contributed by atoms with E-state index >= 15 is 0 Å². The maximum atomic E-state index is 12.5. The number of hydrogen-bond acceptors (Lipinski definition) is 3. The zero-order chi connectivity index (χ0) is 16.7. The Bertz CT molecular complexity index is 384. The summed E-state index contributed by atoms with van der Waals surface area (Å²) >= 11 is 0. The minimum atomic E-state index is -0.765. The van der Waals surface area contributed by atoms with E-state index in [1.807, 2.05) is 16.7 Å². The van der Waals surface area contributed by atoms with Crippen molar-refractivity contribution in [2.24, 2.45) is 5.92 Å². The molecule has 0 radical (unpaired) electrons. The van der Waals surface area contributed by atoms with Gasteiger partial charge in [-0.25, -0.2) is 0 Å². The van der Waals surface area contributed by atoms with Gasteiger partial charge >= 0.3 is 5.97 Å². The number of carbonyl (C=O) groups excluding carboxylic acids is 1. The van der Waals surface area contributed by atoms with Gasteiger partial charge in [0.2, 0.25) is 5.91 Å². The molecule has 1 heterocycles. The number of piperidine rings is 1. The van der Waals surface area contributed by atoms with Crippen molar-refractivity contribution >= 4 is 11.9 Å². The number of likely N-dealkylation sites (N-methyl/N-ethyl adjacent to an activating group) is 1. The van der Waals surface area contributed by atoms with Crippen molar-refractivity contribution in [2.75, 3.05) is 26.2 Å². The highest BCUT2D eigenvalue weighted by Crippen LogP contribution is 2.27. The first-order chi connectivity index (χ1) is 11.1. The van der Waals surface area contributed by atoms with Crippen molar-refractivity contribution in [1.29, 1.82) is 0 Å². The molecule has 1 saturated carbocycles. The molecule has 0 aromatic rings. The Balaban J connectivity index is 1.76. The first-order valence-electron chi connectivity index (χ1n) is 9.33. The summed E-state index contributed by atoms with van der Waals surface area (Å²) in [5.74, 6) is 0.136. The van der Waals surface area contributed by atoms with Crippen molar-refractivity contribution in [3.05, 3.63) is 0 Å². The second kappa shape index (κ2) is 9.26. The fourth-order valence-corrected chi connectivity index (χ4v) is 4.10. The number of carboxylic acid groups (broad SMARTS) is 1. The molecular formula is C18H32N2O3. The molecule has 0 unspecified atom stereocenters. The summed E-state index contributed by atoms with van der Waals surface area (Å²) in [7, 11) is 0. The highest BCUT2D eigenvalue weighted by Gasteiger charge is 2.28. The number of carbonyl (C=O) groups is 2. The molecule has 1 aliphatic carbocycles. The monoisotopic (exact) mass is 324 g/mol. The number of aliphatic carboxylic acids is 1. The smallest absolute Gasteiger partial charge is 0.317 e. The van der Waals surface area contributed by atoms with Gasteiger partial charge in [-0.2, -0.15) is 0 Å². The molecule has 1 saturated heterocycles. The Kier molecular flexibility index (Phi) is 7.34. The van der Waals surface area contributed by atoms with E-state index in [0.717, 1.165) is 38.9 Å². The van der Waals surface area contributed by atoms with E-state index in [-0.39, 0.29) is 6.54 Å². The maximum Gasteiger partial charge on any atom is 0.317 e. The highest BCUT2D eigenvalue weighted by molar-refractivity contribution is 5.76. The SMILES string of the molecule is CCN(CC(=O)O)C1CCN(C(=O)CC2CCCCCC2)CC1. The van der Waals surface area contributed by atoms with Gasteiger partial charge in [0.15, 0.2) is 0 Å². The third kappa shape index (κ3) is 5.79. The van der Waals surface area contributed by atoms with Crippen LogP contribution in [0.15, 0.2) is 0 Å². The van der Waals surface area contributed by atoms with Crippen LogP contribution in [-0.2, 0) is 9.59 Å². The fourth-order valence-electron chi connectivity index (χ4n) is 4.10. The summed E-state index contributed by atoms with van der Waals surface area (Å²) in [5, 5.41) is 8.98. The standard InChI is InChI=1S/C18H32N2O3/c1-2-19(14-18(22)23)16-9-11-20(12-10-16)17(21)13-15-7-5-3-4-6-8-15/h15-16H,2-14H2,1H3,(H,22,23). The summed E-state index contributed by atoms with van der Waals surface area (Å²) in [4.78, 5) is 27.5. The van der Waals surface area contributed by atoms with Gasteiger partial charge < -0.3 is 10.0 Å². The predicted octanol–water partition coefficient (Wildman–Crippen LogP) is 2.74. The maximum absolute atomic E-state index is 12.5. The summed E-state index contributed by atoms with van der Waals surface area (Å²) in [6, 6.07) is 0.304. The van der Waals surface area contributed by atoms with Gasteiger partial charge in [-0.05, 0) is 38.1 Å². The van der Waals surface area contributed by atoms with E-state index in [1.165, 1.54) is 38.5 Å². The van der Waals surface area contributed by atoms with Crippen LogP contribution < -0.4 is 0 Å². The van der Waals surface area contributed by atoms with Crippen LogP contribution in [0.5, 0.6) is 0 Å². The summed E-state index contributed by atoms with van der Waals surface area (Å²) in [6.45, 7) is 4.44. The zero-order valence-electron chi connectivity index (χ0n) is 14.5. The van der Waals surface area contributed by atoms with E-state index in [4.69, 9.17) is 5.11 Å². The van der Waals surface area contributed by atoms with Gasteiger partial charge in [-0.3, -0.25) is 14.5 Å². The van der Waals surface area contributed by atoms with Gasteiger partial charge in [-0.1, -0.05) is 32.6 Å². The largest absolute Gasteiger partial charge is 0.480 e. The van der Waals surface area contributed by atoms with Gasteiger partial charge in [0, 0.05) is 25.6 Å². The van der Waals surface area contributed by atoms with E-state index in [0.29, 0.717) is 17.9 Å². The number of likely N-dealkylation sites (tertiary alicyclic amines) is 1. The minimum absolute atomic E-state index is 0.108. The van der Waals surface area contributed by atoms with Crippen LogP contribution in [0.1, 0.15) is 64.7 Å². The predicted molar refractivity (Wildman–Crippen MR) is 90.3 cm³/mol. The van der Waals surface area contributed by atoms with E-state index < -0.39 is 5.97 Å². The van der Waals surface area contributed by atoms with Gasteiger partial charge in [0.25, 0.3) is 0 Å². The molecule has 5 nitrogen and oxygen atoms in total. The number of hydrogen-bond donors (Lipinski definition) is 1. The van der Waals surface area contributed by atoms with E-state index in [9.17, 15) is 9.59 Å². The van der Waals surface area contributed by atoms with Gasteiger partial charge in [-0.15, -0.1) is 0 Å². The molecule has 2 rings (SSSR count). The molecule has 1 amide bonds. The Morgan fingerprint density at radius 3 is 2.17 bits per heavy atom. The van der Waals surface area contributed by atoms with Crippen LogP contribution in [0.3, 0.4) is 0 Å². The van der Waals surface area contributed by atoms with Crippen LogP contribution >= 0.6 is 0 Å². The molecule has 0 aromatic carbocycles. The van der Waals surface area contributed by atoms with Gasteiger partial charge in [0.1, 0.15) is 0 Å². The fraction of sp³-hybridized carbons (Fsp3) is 0.889. The first kappa shape index (κ1) is 18.2. The first-order valence-corrected chi connectivity index (χ1v) is 9.33. The summed E-state index contributed by atoms with van der Waals surface area (Å²) < 4.78 is 0. The molecule has 2 fully saturated rings. The van der Waals surface area contributed by atoms with Crippen molar-refractivity contribution in [3.8, 4) is 0 Å². The van der Waals surface area contributed by atoms with E-state index in [1.54, 1.807) is 0 Å². The molecular weight excluding hydrogens is 292 g/mol. The molecule has 5 heteroatoms. The average Bonchev–Trinajstić information content (AvgIpc) is 2.81. The third-order valence-electron chi connectivity index (χ3n) is 5.52. The van der Waals surface area contributed by atoms with Crippen LogP contribution in [-0.4, -0.2) is 59.0 Å². The van der Waals surface area contributed by atoms with Crippen molar-refractivity contribution in [1.82, 2.24) is 9.80 Å². The zero-order valence-corrected chi connectivity index (χ0v) is 14.5. The van der Waals surface area contributed by atoms with Crippen LogP contribution in [0.2, 0.25) is 0 Å². The number of nitrogens with zero attached hydrogens (tertiary/aromatic N) is 2. The van der Waals surface area contributed by atoms with Crippen LogP contribution in [0, 0.1) is 5.92 Å². The molecule has 0 bridgehead atoms. The normalized spacial score (nSPS) is 21.4. The molecule has 0 spiro atoms. The van der Waals surface area contributed by atoms with Crippen molar-refractivity contribution in [3.63, 3.8) is 0 Å². The summed E-state index contributed by atoms with van der Waals surface area (Å²) in [5.41, 5.74) is 0. The lowest BCUT2D eigenvalue weighted by Gasteiger charge is -2.37. The molecule has 0 aromatic heterocycles. The third-order valence-corrected chi connectivity index (χ3v) is 5.52. The lowest BCUT2D eigenvalue weighted by molar-refractivity contribution is -0.140. The Morgan fingerprint density at radius 1 is 1.04 bits per heavy atom. The second-order valence-corrected chi connectivity index (χ2v) is 7.13. The molecule has 132 valence electrons. The topological polar surface area (TPSA) is 60.9 Å².